The van der Waals surface area contributed by atoms with E-state index in [0.717, 1.165) is 12.0 Å². The van der Waals surface area contributed by atoms with E-state index in [1.165, 1.54) is 0 Å². The summed E-state index contributed by atoms with van der Waals surface area (Å²) in [5.74, 6) is 0.693. The molecule has 104 valence electrons. The van der Waals surface area contributed by atoms with Crippen LogP contribution in [0.2, 0.25) is 15.1 Å². The molecule has 5 heteroatoms. The van der Waals surface area contributed by atoms with Crippen molar-refractivity contribution in [2.75, 3.05) is 6.61 Å². The average molecular weight is 330 g/mol. The lowest BCUT2D eigenvalue weighted by atomic mass is 9.98. The Balaban J connectivity index is 2.11. The van der Waals surface area contributed by atoms with Gasteiger partial charge in [0.05, 0.1) is 16.7 Å². The third-order valence-electron chi connectivity index (χ3n) is 3.35. The zero-order valence-electron chi connectivity index (χ0n) is 10.4. The van der Waals surface area contributed by atoms with Gasteiger partial charge < -0.3 is 9.84 Å². The molecule has 0 aliphatic carbocycles. The molecule has 0 bridgehead atoms. The second kappa shape index (κ2) is 5.45. The quantitative estimate of drug-likeness (QED) is 0.868. The first-order valence-corrected chi connectivity index (χ1v) is 7.28. The Kier molecular flexibility index (Phi) is 3.83. The van der Waals surface area contributed by atoms with Crippen molar-refractivity contribution in [3.05, 3.63) is 62.1 Å². The van der Waals surface area contributed by atoms with E-state index in [1.54, 1.807) is 24.3 Å². The minimum atomic E-state index is -0.924. The Morgan fingerprint density at radius 1 is 1.10 bits per heavy atom. The highest BCUT2D eigenvalue weighted by Gasteiger charge is 2.24. The van der Waals surface area contributed by atoms with Gasteiger partial charge in [0, 0.05) is 22.6 Å². The lowest BCUT2D eigenvalue weighted by Crippen LogP contribution is -2.03. The first-order valence-electron chi connectivity index (χ1n) is 6.15. The number of halogens is 3. The molecular formula is C15H11Cl3O2. The predicted molar refractivity (Wildman–Crippen MR) is 81.2 cm³/mol. The summed E-state index contributed by atoms with van der Waals surface area (Å²) in [6.45, 7) is 0.596. The Labute approximate surface area is 131 Å². The van der Waals surface area contributed by atoms with Crippen LogP contribution in [0.25, 0.3) is 0 Å². The van der Waals surface area contributed by atoms with Crippen LogP contribution in [0.4, 0.5) is 0 Å². The number of fused-ring (bicyclic) bond motifs is 1. The molecule has 0 amide bonds. The third-order valence-corrected chi connectivity index (χ3v) is 4.40. The zero-order chi connectivity index (χ0) is 14.3. The minimum Gasteiger partial charge on any atom is -0.493 e. The van der Waals surface area contributed by atoms with Crippen molar-refractivity contribution in [2.45, 2.75) is 12.5 Å². The van der Waals surface area contributed by atoms with Crippen LogP contribution >= 0.6 is 34.8 Å². The summed E-state index contributed by atoms with van der Waals surface area (Å²) in [7, 11) is 0. The highest BCUT2D eigenvalue weighted by Crippen LogP contribution is 2.41. The number of aliphatic hydroxyl groups is 1. The first-order chi connectivity index (χ1) is 9.58. The fourth-order valence-electron chi connectivity index (χ4n) is 2.40. The van der Waals surface area contributed by atoms with Crippen LogP contribution in [0, 0.1) is 0 Å². The molecule has 2 nitrogen and oxygen atoms in total. The largest absolute Gasteiger partial charge is 0.493 e. The lowest BCUT2D eigenvalue weighted by molar-refractivity contribution is 0.214. The van der Waals surface area contributed by atoms with Crippen LogP contribution in [-0.2, 0) is 6.42 Å². The van der Waals surface area contributed by atoms with E-state index < -0.39 is 6.10 Å². The monoisotopic (exact) mass is 328 g/mol. The Morgan fingerprint density at radius 3 is 2.70 bits per heavy atom. The molecule has 20 heavy (non-hydrogen) atoms. The van der Waals surface area contributed by atoms with Gasteiger partial charge >= 0.3 is 0 Å². The van der Waals surface area contributed by atoms with E-state index >= 15 is 0 Å². The molecule has 1 aliphatic rings. The Hall–Kier alpha value is -0.930. The fraction of sp³-hybridized carbons (Fsp3) is 0.200. The van der Waals surface area contributed by atoms with Gasteiger partial charge in [-0.15, -0.1) is 0 Å². The molecule has 2 aromatic carbocycles. The second-order valence-electron chi connectivity index (χ2n) is 4.63. The summed E-state index contributed by atoms with van der Waals surface area (Å²) in [4.78, 5) is 0. The highest BCUT2D eigenvalue weighted by molar-refractivity contribution is 6.42. The minimum absolute atomic E-state index is 0.341. The molecule has 0 fully saturated rings. The van der Waals surface area contributed by atoms with Gasteiger partial charge in [-0.1, -0.05) is 46.9 Å². The molecule has 0 radical (unpaired) electrons. The summed E-state index contributed by atoms with van der Waals surface area (Å²) in [5.41, 5.74) is 2.16. The van der Waals surface area contributed by atoms with Crippen LogP contribution in [0.3, 0.4) is 0 Å². The van der Waals surface area contributed by atoms with Crippen LogP contribution in [0.1, 0.15) is 22.8 Å². The van der Waals surface area contributed by atoms with Gasteiger partial charge in [0.25, 0.3) is 0 Å². The van der Waals surface area contributed by atoms with E-state index in [1.807, 2.05) is 6.07 Å². The summed E-state index contributed by atoms with van der Waals surface area (Å²) in [6, 6.07) is 8.73. The molecule has 0 saturated carbocycles. The van der Waals surface area contributed by atoms with Crippen molar-refractivity contribution in [3.8, 4) is 5.75 Å². The smallest absolute Gasteiger partial charge is 0.128 e. The molecule has 1 unspecified atom stereocenters. The lowest BCUT2D eigenvalue weighted by Gasteiger charge is -2.17. The molecule has 0 saturated heterocycles. The van der Waals surface area contributed by atoms with Crippen LogP contribution < -0.4 is 4.74 Å². The molecule has 1 atom stereocenters. The maximum atomic E-state index is 10.6. The summed E-state index contributed by atoms with van der Waals surface area (Å²) >= 11 is 18.3. The number of hydrogen-bond donors (Lipinski definition) is 1. The zero-order valence-corrected chi connectivity index (χ0v) is 12.6. The normalized spacial score (nSPS) is 14.8. The topological polar surface area (TPSA) is 29.5 Å². The number of rotatable bonds is 2. The van der Waals surface area contributed by atoms with Gasteiger partial charge in [-0.3, -0.25) is 0 Å². The van der Waals surface area contributed by atoms with Gasteiger partial charge in [-0.25, -0.2) is 0 Å². The van der Waals surface area contributed by atoms with E-state index in [9.17, 15) is 5.11 Å². The molecule has 1 heterocycles. The number of aliphatic hydroxyl groups excluding tert-OH is 1. The van der Waals surface area contributed by atoms with Gasteiger partial charge in [0.1, 0.15) is 11.9 Å². The van der Waals surface area contributed by atoms with Gasteiger partial charge in [-0.05, 0) is 23.8 Å². The molecule has 1 aliphatic heterocycles. The third kappa shape index (κ3) is 2.38. The summed E-state index contributed by atoms with van der Waals surface area (Å²) < 4.78 is 5.60. The van der Waals surface area contributed by atoms with Crippen LogP contribution in [0.15, 0.2) is 30.3 Å². The number of benzene rings is 2. The molecule has 0 aromatic heterocycles. The van der Waals surface area contributed by atoms with Gasteiger partial charge in [-0.2, -0.15) is 0 Å². The summed E-state index contributed by atoms with van der Waals surface area (Å²) in [6.07, 6.45) is -0.134. The second-order valence-corrected chi connectivity index (χ2v) is 5.85. The van der Waals surface area contributed by atoms with Crippen molar-refractivity contribution in [2.24, 2.45) is 0 Å². The molecule has 0 spiro atoms. The molecule has 1 N–H and O–H groups in total. The van der Waals surface area contributed by atoms with Crippen molar-refractivity contribution in [3.63, 3.8) is 0 Å². The highest BCUT2D eigenvalue weighted by atomic mass is 35.5. The standard InChI is InChI=1S/C15H11Cl3O2/c16-9-6-8-4-5-20-15(8)11(7-9)14(19)10-2-1-3-12(17)13(10)18/h1-3,6-7,14,19H,4-5H2. The Bertz CT molecular complexity index is 670. The van der Waals surface area contributed by atoms with Crippen molar-refractivity contribution in [1.29, 1.82) is 0 Å². The Morgan fingerprint density at radius 2 is 1.90 bits per heavy atom. The van der Waals surface area contributed by atoms with Crippen molar-refractivity contribution < 1.29 is 9.84 Å². The van der Waals surface area contributed by atoms with E-state index in [-0.39, 0.29) is 0 Å². The first kappa shape index (κ1) is 14.0. The molecular weight excluding hydrogens is 319 g/mol. The number of hydrogen-bond acceptors (Lipinski definition) is 2. The van der Waals surface area contributed by atoms with E-state index in [0.29, 0.717) is 38.6 Å². The van der Waals surface area contributed by atoms with Gasteiger partial charge in [0.2, 0.25) is 0 Å². The average Bonchev–Trinajstić information content (AvgIpc) is 2.88. The number of ether oxygens (including phenoxy) is 1. The summed E-state index contributed by atoms with van der Waals surface area (Å²) in [5, 5.41) is 11.9. The maximum Gasteiger partial charge on any atom is 0.128 e. The van der Waals surface area contributed by atoms with Crippen LogP contribution in [-0.4, -0.2) is 11.7 Å². The fourth-order valence-corrected chi connectivity index (χ4v) is 3.06. The van der Waals surface area contributed by atoms with E-state index in [2.05, 4.69) is 0 Å². The SMILES string of the molecule is OC(c1cccc(Cl)c1Cl)c1cc(Cl)cc2c1OCC2. The van der Waals surface area contributed by atoms with Crippen molar-refractivity contribution >= 4 is 34.8 Å². The van der Waals surface area contributed by atoms with Crippen LogP contribution in [0.5, 0.6) is 5.75 Å². The maximum absolute atomic E-state index is 10.6. The molecule has 3 rings (SSSR count). The molecule has 2 aromatic rings. The predicted octanol–water partition coefficient (Wildman–Crippen LogP) is 4.66. The van der Waals surface area contributed by atoms with Crippen molar-refractivity contribution in [1.82, 2.24) is 0 Å². The van der Waals surface area contributed by atoms with E-state index in [4.69, 9.17) is 39.5 Å². The van der Waals surface area contributed by atoms with Gasteiger partial charge in [0.15, 0.2) is 0 Å².